The normalized spacial score (nSPS) is 12.0. The number of rotatable bonds is 5. The maximum atomic E-state index is 12.3. The average molecular weight is 351 g/mol. The number of hydrogen-bond donors (Lipinski definition) is 2. The van der Waals surface area contributed by atoms with Crippen molar-refractivity contribution in [2.24, 2.45) is 0 Å². The molecule has 0 aliphatic heterocycles. The van der Waals surface area contributed by atoms with Crippen molar-refractivity contribution >= 4 is 21.6 Å². The van der Waals surface area contributed by atoms with Crippen LogP contribution >= 0.6 is 0 Å². The van der Waals surface area contributed by atoms with Crippen LogP contribution in [0.25, 0.3) is 0 Å². The lowest BCUT2D eigenvalue weighted by Gasteiger charge is -2.12. The number of anilines is 1. The number of benzene rings is 1. The Balaban J connectivity index is 2.14. The molecule has 2 aromatic rings. The summed E-state index contributed by atoms with van der Waals surface area (Å²) in [6, 6.07) is 7.90. The third kappa shape index (κ3) is 4.58. The highest BCUT2D eigenvalue weighted by Crippen LogP contribution is 2.23. The molecule has 2 rings (SSSR count). The molecule has 130 valence electrons. The number of amides is 1. The number of carbonyl (C=O) groups is 1. The van der Waals surface area contributed by atoms with Crippen LogP contribution in [0.3, 0.4) is 0 Å². The van der Waals surface area contributed by atoms with Gasteiger partial charge in [0.05, 0.1) is 0 Å². The minimum Gasteiger partial charge on any atom is -0.361 e. The van der Waals surface area contributed by atoms with Crippen molar-refractivity contribution in [1.29, 1.82) is 0 Å². The summed E-state index contributed by atoms with van der Waals surface area (Å²) in [5, 5.41) is 6.30. The van der Waals surface area contributed by atoms with E-state index in [1.165, 1.54) is 13.1 Å². The van der Waals surface area contributed by atoms with Gasteiger partial charge in [0.1, 0.15) is 17.2 Å². The molecule has 7 nitrogen and oxygen atoms in total. The van der Waals surface area contributed by atoms with E-state index >= 15 is 0 Å². The highest BCUT2D eigenvalue weighted by Gasteiger charge is 2.22. The largest absolute Gasteiger partial charge is 0.361 e. The summed E-state index contributed by atoms with van der Waals surface area (Å²) in [7, 11) is -2.16. The first-order chi connectivity index (χ1) is 11.1. The third-order valence-electron chi connectivity index (χ3n) is 3.26. The molecule has 0 unspecified atom stereocenters. The Bertz CT molecular complexity index is 835. The van der Waals surface area contributed by atoms with Crippen molar-refractivity contribution in [3.8, 4) is 0 Å². The van der Waals surface area contributed by atoms with E-state index in [4.69, 9.17) is 4.52 Å². The first-order valence-corrected chi connectivity index (χ1v) is 9.05. The lowest BCUT2D eigenvalue weighted by atomic mass is 9.93. The average Bonchev–Trinajstić information content (AvgIpc) is 2.94. The topological polar surface area (TPSA) is 101 Å². The van der Waals surface area contributed by atoms with Gasteiger partial charge in [0, 0.05) is 29.8 Å². The molecule has 2 N–H and O–H groups in total. The van der Waals surface area contributed by atoms with Crippen LogP contribution in [0.4, 0.5) is 5.69 Å². The molecule has 0 aliphatic rings. The van der Waals surface area contributed by atoms with E-state index in [9.17, 15) is 13.2 Å². The van der Waals surface area contributed by atoms with Crippen molar-refractivity contribution < 1.29 is 17.7 Å². The summed E-state index contributed by atoms with van der Waals surface area (Å²) in [5.41, 5.74) is 0.768. The van der Waals surface area contributed by atoms with Crippen LogP contribution in [0.5, 0.6) is 0 Å². The van der Waals surface area contributed by atoms with E-state index in [1.807, 2.05) is 20.8 Å². The molecule has 1 heterocycles. The summed E-state index contributed by atoms with van der Waals surface area (Å²) in [5.74, 6) is 0.0215. The van der Waals surface area contributed by atoms with E-state index in [2.05, 4.69) is 15.2 Å². The standard InChI is InChI=1S/C16H21N3O4S/c1-16(2,3)14-9-13(18-23-14)10-24(21,22)19-12-7-5-6-11(8-12)15(20)17-4/h5-9,19H,10H2,1-4H3,(H,17,20). The Morgan fingerprint density at radius 2 is 1.96 bits per heavy atom. The van der Waals surface area contributed by atoms with E-state index in [0.717, 1.165) is 0 Å². The molecule has 0 saturated carbocycles. The van der Waals surface area contributed by atoms with E-state index in [1.54, 1.807) is 24.3 Å². The van der Waals surface area contributed by atoms with E-state index in [0.29, 0.717) is 22.7 Å². The van der Waals surface area contributed by atoms with E-state index < -0.39 is 10.0 Å². The SMILES string of the molecule is CNC(=O)c1cccc(NS(=O)(=O)Cc2cc(C(C)(C)C)on2)c1. The van der Waals surface area contributed by atoms with Crippen molar-refractivity contribution in [3.63, 3.8) is 0 Å². The summed E-state index contributed by atoms with van der Waals surface area (Å²) < 4.78 is 32.2. The zero-order chi connectivity index (χ0) is 18.0. The van der Waals surface area contributed by atoms with Crippen molar-refractivity contribution in [2.45, 2.75) is 31.9 Å². The van der Waals surface area contributed by atoms with Gasteiger partial charge in [-0.1, -0.05) is 32.0 Å². The predicted molar refractivity (Wildman–Crippen MR) is 91.3 cm³/mol. The molecule has 0 saturated heterocycles. The lowest BCUT2D eigenvalue weighted by Crippen LogP contribution is -2.19. The highest BCUT2D eigenvalue weighted by molar-refractivity contribution is 7.91. The minimum absolute atomic E-state index is 0.246. The zero-order valence-corrected chi connectivity index (χ0v) is 14.9. The van der Waals surface area contributed by atoms with Gasteiger partial charge in [-0.25, -0.2) is 8.42 Å². The van der Waals surface area contributed by atoms with Gasteiger partial charge in [-0.05, 0) is 18.2 Å². The number of nitrogens with zero attached hydrogens (tertiary/aromatic N) is 1. The molecule has 0 aliphatic carbocycles. The number of carbonyl (C=O) groups excluding carboxylic acids is 1. The van der Waals surface area contributed by atoms with Gasteiger partial charge in [-0.3, -0.25) is 9.52 Å². The number of hydrogen-bond acceptors (Lipinski definition) is 5. The smallest absolute Gasteiger partial charge is 0.251 e. The second-order valence-electron chi connectivity index (χ2n) is 6.45. The maximum Gasteiger partial charge on any atom is 0.251 e. The minimum atomic E-state index is -3.67. The number of sulfonamides is 1. The Kier molecular flexibility index (Phi) is 4.98. The molecule has 1 amide bonds. The summed E-state index contributed by atoms with van der Waals surface area (Å²) in [6.07, 6.45) is 0. The fourth-order valence-corrected chi connectivity index (χ4v) is 3.10. The zero-order valence-electron chi connectivity index (χ0n) is 14.1. The third-order valence-corrected chi connectivity index (χ3v) is 4.48. The van der Waals surface area contributed by atoms with Crippen LogP contribution < -0.4 is 10.0 Å². The molecule has 0 bridgehead atoms. The van der Waals surface area contributed by atoms with Gasteiger partial charge in [-0.2, -0.15) is 0 Å². The van der Waals surface area contributed by atoms with Crippen LogP contribution in [0, 0.1) is 0 Å². The first kappa shape index (κ1) is 18.0. The Hall–Kier alpha value is -2.35. The van der Waals surface area contributed by atoms with Crippen molar-refractivity contribution in [2.75, 3.05) is 11.8 Å². The summed E-state index contributed by atoms with van der Waals surface area (Å²) >= 11 is 0. The van der Waals surface area contributed by atoms with Crippen LogP contribution in [0.1, 0.15) is 42.6 Å². The fourth-order valence-electron chi connectivity index (χ4n) is 2.01. The molecule has 0 spiro atoms. The lowest BCUT2D eigenvalue weighted by molar-refractivity contribution is 0.0963. The molecular formula is C16H21N3O4S. The van der Waals surface area contributed by atoms with Gasteiger partial charge in [0.2, 0.25) is 10.0 Å². The quantitative estimate of drug-likeness (QED) is 0.860. The second kappa shape index (κ2) is 6.64. The van der Waals surface area contributed by atoms with Crippen molar-refractivity contribution in [1.82, 2.24) is 10.5 Å². The Morgan fingerprint density at radius 3 is 2.54 bits per heavy atom. The molecule has 1 aromatic carbocycles. The number of nitrogens with one attached hydrogen (secondary N) is 2. The molecule has 8 heteroatoms. The van der Waals surface area contributed by atoms with Crippen LogP contribution in [-0.2, 0) is 21.2 Å². The monoisotopic (exact) mass is 351 g/mol. The Morgan fingerprint density at radius 1 is 1.25 bits per heavy atom. The van der Waals surface area contributed by atoms with Gasteiger partial charge in [-0.15, -0.1) is 0 Å². The fraction of sp³-hybridized carbons (Fsp3) is 0.375. The summed E-state index contributed by atoms with van der Waals surface area (Å²) in [4.78, 5) is 11.6. The predicted octanol–water partition coefficient (Wildman–Crippen LogP) is 2.27. The summed E-state index contributed by atoms with van der Waals surface area (Å²) in [6.45, 7) is 5.86. The van der Waals surface area contributed by atoms with Crippen LogP contribution in [-0.4, -0.2) is 26.5 Å². The Labute approximate surface area is 141 Å². The maximum absolute atomic E-state index is 12.3. The van der Waals surface area contributed by atoms with Crippen LogP contribution in [0.15, 0.2) is 34.9 Å². The first-order valence-electron chi connectivity index (χ1n) is 7.39. The molecular weight excluding hydrogens is 330 g/mol. The second-order valence-corrected chi connectivity index (χ2v) is 8.18. The molecule has 24 heavy (non-hydrogen) atoms. The van der Waals surface area contributed by atoms with Crippen molar-refractivity contribution in [3.05, 3.63) is 47.3 Å². The molecule has 0 radical (unpaired) electrons. The van der Waals surface area contributed by atoms with Gasteiger partial charge in [0.25, 0.3) is 5.91 Å². The molecule has 0 fully saturated rings. The number of aromatic nitrogens is 1. The van der Waals surface area contributed by atoms with E-state index in [-0.39, 0.29) is 17.1 Å². The van der Waals surface area contributed by atoms with Gasteiger partial charge in [0.15, 0.2) is 0 Å². The van der Waals surface area contributed by atoms with Gasteiger partial charge >= 0.3 is 0 Å². The molecule has 1 aromatic heterocycles. The van der Waals surface area contributed by atoms with Crippen LogP contribution in [0.2, 0.25) is 0 Å². The molecule has 0 atom stereocenters. The highest BCUT2D eigenvalue weighted by atomic mass is 32.2. The van der Waals surface area contributed by atoms with Gasteiger partial charge < -0.3 is 9.84 Å².